The van der Waals surface area contributed by atoms with E-state index in [1.807, 2.05) is 0 Å². The van der Waals surface area contributed by atoms with Gasteiger partial charge in [0.05, 0.1) is 11.7 Å². The summed E-state index contributed by atoms with van der Waals surface area (Å²) in [6.07, 6.45) is 2.58. The van der Waals surface area contributed by atoms with Crippen molar-refractivity contribution in [3.63, 3.8) is 0 Å². The molecule has 1 atom stereocenters. The molecule has 0 spiro atoms. The Bertz CT molecular complexity index is 553. The van der Waals surface area contributed by atoms with Gasteiger partial charge in [-0.25, -0.2) is 4.98 Å². The molecule has 19 heavy (non-hydrogen) atoms. The lowest BCUT2D eigenvalue weighted by molar-refractivity contribution is 0.597. The molecule has 100 valence electrons. The number of hydrogen-bond donors (Lipinski definition) is 1. The molecular formula is C15H17BrN2S. The van der Waals surface area contributed by atoms with Gasteiger partial charge in [-0.3, -0.25) is 0 Å². The van der Waals surface area contributed by atoms with Crippen LogP contribution in [0.1, 0.15) is 40.0 Å². The number of halogens is 1. The number of benzene rings is 1. The molecule has 1 saturated carbocycles. The Kier molecular flexibility index (Phi) is 3.74. The van der Waals surface area contributed by atoms with Crippen molar-refractivity contribution < 1.29 is 0 Å². The largest absolute Gasteiger partial charge is 0.301 e. The van der Waals surface area contributed by atoms with Crippen molar-refractivity contribution in [2.75, 3.05) is 0 Å². The number of hydrogen-bond acceptors (Lipinski definition) is 3. The Morgan fingerprint density at radius 1 is 1.26 bits per heavy atom. The van der Waals surface area contributed by atoms with Gasteiger partial charge in [0.15, 0.2) is 0 Å². The van der Waals surface area contributed by atoms with Crippen LogP contribution < -0.4 is 5.32 Å². The van der Waals surface area contributed by atoms with Crippen LogP contribution in [-0.4, -0.2) is 11.0 Å². The predicted octanol–water partition coefficient (Wildman–Crippen LogP) is 4.36. The predicted molar refractivity (Wildman–Crippen MR) is 83.7 cm³/mol. The van der Waals surface area contributed by atoms with E-state index >= 15 is 0 Å². The maximum atomic E-state index is 4.73. The van der Waals surface area contributed by atoms with Crippen LogP contribution in [0.3, 0.4) is 0 Å². The van der Waals surface area contributed by atoms with Gasteiger partial charge in [0.1, 0.15) is 5.01 Å². The maximum absolute atomic E-state index is 4.73. The van der Waals surface area contributed by atoms with E-state index in [2.05, 4.69) is 59.4 Å². The fourth-order valence-corrected chi connectivity index (χ4v) is 3.35. The standard InChI is InChI=1S/C15H17BrN2S/c1-9-10(2)19-15(17-9)14(18-13-7-8-13)11-3-5-12(16)6-4-11/h3-6,13-14,18H,7-8H2,1-2H3. The topological polar surface area (TPSA) is 24.9 Å². The molecule has 1 unspecified atom stereocenters. The van der Waals surface area contributed by atoms with Gasteiger partial charge in [-0.2, -0.15) is 0 Å². The average Bonchev–Trinajstić information content (AvgIpc) is 3.14. The quantitative estimate of drug-likeness (QED) is 0.896. The van der Waals surface area contributed by atoms with Gasteiger partial charge in [-0.15, -0.1) is 11.3 Å². The van der Waals surface area contributed by atoms with Crippen LogP contribution in [0.15, 0.2) is 28.7 Å². The fourth-order valence-electron chi connectivity index (χ4n) is 2.07. The highest BCUT2D eigenvalue weighted by molar-refractivity contribution is 9.10. The van der Waals surface area contributed by atoms with Crippen LogP contribution in [-0.2, 0) is 0 Å². The first-order valence-corrected chi connectivity index (χ1v) is 8.20. The Morgan fingerprint density at radius 3 is 2.47 bits per heavy atom. The molecule has 2 aromatic rings. The normalized spacial score (nSPS) is 16.6. The molecule has 0 radical (unpaired) electrons. The van der Waals surface area contributed by atoms with Crippen molar-refractivity contribution in [2.45, 2.75) is 38.8 Å². The van der Waals surface area contributed by atoms with Crippen molar-refractivity contribution in [3.8, 4) is 0 Å². The highest BCUT2D eigenvalue weighted by Gasteiger charge is 2.28. The molecule has 1 heterocycles. The summed E-state index contributed by atoms with van der Waals surface area (Å²) >= 11 is 5.30. The minimum atomic E-state index is 0.234. The van der Waals surface area contributed by atoms with Crippen LogP contribution >= 0.6 is 27.3 Å². The van der Waals surface area contributed by atoms with Crippen molar-refractivity contribution in [1.82, 2.24) is 10.3 Å². The van der Waals surface area contributed by atoms with E-state index < -0.39 is 0 Å². The van der Waals surface area contributed by atoms with Crippen LogP contribution in [0.4, 0.5) is 0 Å². The van der Waals surface area contributed by atoms with E-state index in [4.69, 9.17) is 4.98 Å². The minimum Gasteiger partial charge on any atom is -0.301 e. The molecule has 1 N–H and O–H groups in total. The number of aryl methyl sites for hydroxylation is 2. The Hall–Kier alpha value is -0.710. The van der Waals surface area contributed by atoms with Crippen LogP contribution in [0.5, 0.6) is 0 Å². The average molecular weight is 337 g/mol. The third-order valence-corrected chi connectivity index (χ3v) is 5.14. The highest BCUT2D eigenvalue weighted by Crippen LogP contribution is 2.32. The third kappa shape index (κ3) is 3.07. The van der Waals surface area contributed by atoms with E-state index in [9.17, 15) is 0 Å². The summed E-state index contributed by atoms with van der Waals surface area (Å²) in [7, 11) is 0. The highest BCUT2D eigenvalue weighted by atomic mass is 79.9. The van der Waals surface area contributed by atoms with Crippen LogP contribution in [0, 0.1) is 13.8 Å². The molecule has 1 aliphatic rings. The molecule has 1 aromatic heterocycles. The van der Waals surface area contributed by atoms with Gasteiger partial charge in [-0.05, 0) is 44.4 Å². The number of rotatable bonds is 4. The summed E-state index contributed by atoms with van der Waals surface area (Å²) in [4.78, 5) is 6.05. The van der Waals surface area contributed by atoms with Gasteiger partial charge in [0.2, 0.25) is 0 Å². The van der Waals surface area contributed by atoms with E-state index in [1.54, 1.807) is 11.3 Å². The summed E-state index contributed by atoms with van der Waals surface area (Å²) < 4.78 is 1.12. The summed E-state index contributed by atoms with van der Waals surface area (Å²) in [5.41, 5.74) is 2.45. The number of aromatic nitrogens is 1. The minimum absolute atomic E-state index is 0.234. The van der Waals surface area contributed by atoms with Gasteiger partial charge >= 0.3 is 0 Å². The summed E-state index contributed by atoms with van der Waals surface area (Å²) in [6, 6.07) is 9.46. The lowest BCUT2D eigenvalue weighted by Crippen LogP contribution is -2.24. The summed E-state index contributed by atoms with van der Waals surface area (Å²) in [5, 5.41) is 4.90. The third-order valence-electron chi connectivity index (χ3n) is 3.48. The Morgan fingerprint density at radius 2 is 1.95 bits per heavy atom. The number of thiazole rings is 1. The van der Waals surface area contributed by atoms with Crippen molar-refractivity contribution >= 4 is 27.3 Å². The fraction of sp³-hybridized carbons (Fsp3) is 0.400. The van der Waals surface area contributed by atoms with Crippen LogP contribution in [0.25, 0.3) is 0 Å². The lowest BCUT2D eigenvalue weighted by atomic mass is 10.1. The first-order valence-electron chi connectivity index (χ1n) is 6.59. The molecule has 3 rings (SSSR count). The molecule has 0 amide bonds. The van der Waals surface area contributed by atoms with E-state index in [0.29, 0.717) is 6.04 Å². The first kappa shape index (κ1) is 13.3. The second-order valence-electron chi connectivity index (χ2n) is 5.12. The molecule has 0 bridgehead atoms. The van der Waals surface area contributed by atoms with E-state index in [0.717, 1.165) is 10.2 Å². The Labute approximate surface area is 126 Å². The molecule has 0 saturated heterocycles. The smallest absolute Gasteiger partial charge is 0.115 e. The second kappa shape index (κ2) is 5.35. The number of nitrogens with one attached hydrogen (secondary N) is 1. The van der Waals surface area contributed by atoms with E-state index in [1.165, 1.54) is 28.3 Å². The summed E-state index contributed by atoms with van der Waals surface area (Å²) in [5.74, 6) is 0. The van der Waals surface area contributed by atoms with Gasteiger partial charge in [0.25, 0.3) is 0 Å². The van der Waals surface area contributed by atoms with Crippen LogP contribution in [0.2, 0.25) is 0 Å². The maximum Gasteiger partial charge on any atom is 0.115 e. The van der Waals surface area contributed by atoms with Crippen molar-refractivity contribution in [3.05, 3.63) is 49.9 Å². The molecule has 1 aromatic carbocycles. The second-order valence-corrected chi connectivity index (χ2v) is 7.27. The number of nitrogens with zero attached hydrogens (tertiary/aromatic N) is 1. The first-order chi connectivity index (χ1) is 9.13. The SMILES string of the molecule is Cc1nc(C(NC2CC2)c2ccc(Br)cc2)sc1C. The molecule has 0 aliphatic heterocycles. The molecular weight excluding hydrogens is 320 g/mol. The zero-order valence-electron chi connectivity index (χ0n) is 11.1. The molecule has 1 fully saturated rings. The molecule has 1 aliphatic carbocycles. The van der Waals surface area contributed by atoms with Gasteiger partial charge < -0.3 is 5.32 Å². The van der Waals surface area contributed by atoms with Gasteiger partial charge in [-0.1, -0.05) is 28.1 Å². The van der Waals surface area contributed by atoms with Crippen molar-refractivity contribution in [2.24, 2.45) is 0 Å². The van der Waals surface area contributed by atoms with Gasteiger partial charge in [0, 0.05) is 15.4 Å². The molecule has 2 nitrogen and oxygen atoms in total. The molecule has 4 heteroatoms. The summed E-state index contributed by atoms with van der Waals surface area (Å²) in [6.45, 7) is 4.23. The monoisotopic (exact) mass is 336 g/mol. The van der Waals surface area contributed by atoms with E-state index in [-0.39, 0.29) is 6.04 Å². The van der Waals surface area contributed by atoms with Crippen molar-refractivity contribution in [1.29, 1.82) is 0 Å². The zero-order valence-corrected chi connectivity index (χ0v) is 13.5. The zero-order chi connectivity index (χ0) is 13.4. The Balaban J connectivity index is 1.94. The lowest BCUT2D eigenvalue weighted by Gasteiger charge is -2.16.